The van der Waals surface area contributed by atoms with Crippen molar-refractivity contribution in [1.82, 2.24) is 0 Å². The molecule has 1 rings (SSSR count). The van der Waals surface area contributed by atoms with Gasteiger partial charge in [-0.25, -0.2) is 0 Å². The SMILES string of the molecule is CCCCCCc1ccc(N=NC=NN)cc1. The molecule has 0 spiro atoms. The zero-order chi connectivity index (χ0) is 12.3. The molecule has 0 aromatic heterocycles. The van der Waals surface area contributed by atoms with Gasteiger partial charge >= 0.3 is 0 Å². The predicted molar refractivity (Wildman–Crippen MR) is 71.5 cm³/mol. The molecule has 0 aliphatic heterocycles. The molecule has 2 N–H and O–H groups in total. The largest absolute Gasteiger partial charge is 0.322 e. The van der Waals surface area contributed by atoms with Gasteiger partial charge in [0.25, 0.3) is 0 Å². The van der Waals surface area contributed by atoms with Gasteiger partial charge in [-0.1, -0.05) is 38.3 Å². The molecule has 4 nitrogen and oxygen atoms in total. The van der Waals surface area contributed by atoms with Crippen LogP contribution in [0.5, 0.6) is 0 Å². The fourth-order valence-electron chi connectivity index (χ4n) is 1.61. The highest BCUT2D eigenvalue weighted by molar-refractivity contribution is 5.54. The third kappa shape index (κ3) is 5.80. The summed E-state index contributed by atoms with van der Waals surface area (Å²) in [5.74, 6) is 4.91. The molecule has 1 aromatic rings. The second-order valence-electron chi connectivity index (χ2n) is 3.96. The van der Waals surface area contributed by atoms with Gasteiger partial charge in [0.2, 0.25) is 0 Å². The molecule has 0 saturated heterocycles. The van der Waals surface area contributed by atoms with Crippen LogP contribution in [0.3, 0.4) is 0 Å². The summed E-state index contributed by atoms with van der Waals surface area (Å²) in [5, 5.41) is 10.9. The summed E-state index contributed by atoms with van der Waals surface area (Å²) in [6.07, 6.45) is 7.53. The van der Waals surface area contributed by atoms with E-state index in [1.807, 2.05) is 12.1 Å². The van der Waals surface area contributed by atoms with E-state index in [-0.39, 0.29) is 0 Å². The Hall–Kier alpha value is -1.71. The van der Waals surface area contributed by atoms with Crippen LogP contribution in [0, 0.1) is 0 Å². The first-order valence-electron chi connectivity index (χ1n) is 6.08. The molecule has 0 saturated carbocycles. The number of hydrogen-bond donors (Lipinski definition) is 1. The first kappa shape index (κ1) is 13.4. The number of hydrogen-bond acceptors (Lipinski definition) is 3. The molecule has 0 unspecified atom stereocenters. The molecule has 0 fully saturated rings. The molecule has 0 amide bonds. The molecule has 0 atom stereocenters. The Bertz CT molecular complexity index is 354. The zero-order valence-corrected chi connectivity index (χ0v) is 10.3. The van der Waals surface area contributed by atoms with E-state index in [4.69, 9.17) is 5.84 Å². The first-order chi connectivity index (χ1) is 8.36. The molecule has 0 heterocycles. The molecule has 92 valence electrons. The summed E-state index contributed by atoms with van der Waals surface area (Å²) in [6.45, 7) is 2.23. The summed E-state index contributed by atoms with van der Waals surface area (Å²) in [4.78, 5) is 0. The first-order valence-corrected chi connectivity index (χ1v) is 6.08. The van der Waals surface area contributed by atoms with Crippen molar-refractivity contribution in [3.05, 3.63) is 29.8 Å². The average molecular weight is 232 g/mol. The lowest BCUT2D eigenvalue weighted by Crippen LogP contribution is -1.84. The van der Waals surface area contributed by atoms with Crippen LogP contribution in [0.1, 0.15) is 38.2 Å². The van der Waals surface area contributed by atoms with E-state index < -0.39 is 0 Å². The van der Waals surface area contributed by atoms with Crippen LogP contribution in [0.4, 0.5) is 5.69 Å². The fourth-order valence-corrected chi connectivity index (χ4v) is 1.61. The normalized spacial score (nSPS) is 11.6. The van der Waals surface area contributed by atoms with Gasteiger partial charge in [-0.2, -0.15) is 5.10 Å². The lowest BCUT2D eigenvalue weighted by molar-refractivity contribution is 0.667. The fraction of sp³-hybridized carbons (Fsp3) is 0.462. The highest BCUT2D eigenvalue weighted by Gasteiger charge is 1.94. The molecule has 0 aliphatic rings. The van der Waals surface area contributed by atoms with Crippen molar-refractivity contribution in [3.63, 3.8) is 0 Å². The third-order valence-electron chi connectivity index (χ3n) is 2.55. The lowest BCUT2D eigenvalue weighted by atomic mass is 10.1. The number of azo groups is 1. The number of unbranched alkanes of at least 4 members (excludes halogenated alkanes) is 3. The van der Waals surface area contributed by atoms with E-state index >= 15 is 0 Å². The smallest absolute Gasteiger partial charge is 0.157 e. The zero-order valence-electron chi connectivity index (χ0n) is 10.3. The number of aryl methyl sites for hydroxylation is 1. The maximum absolute atomic E-state index is 4.91. The number of benzene rings is 1. The van der Waals surface area contributed by atoms with E-state index in [2.05, 4.69) is 34.4 Å². The third-order valence-corrected chi connectivity index (χ3v) is 2.55. The molecule has 17 heavy (non-hydrogen) atoms. The maximum atomic E-state index is 4.91. The molecule has 0 aliphatic carbocycles. The van der Waals surface area contributed by atoms with E-state index in [0.29, 0.717) is 0 Å². The monoisotopic (exact) mass is 232 g/mol. The standard InChI is InChI=1S/C13H20N4/c1-2-3-4-5-6-12-7-9-13(10-8-12)17-16-11-15-14/h7-11H,2-6,14H2,1H3. The lowest BCUT2D eigenvalue weighted by Gasteiger charge is -2.01. The molecule has 0 radical (unpaired) electrons. The van der Waals surface area contributed by atoms with Gasteiger partial charge in [-0.3, -0.25) is 0 Å². The van der Waals surface area contributed by atoms with E-state index in [0.717, 1.165) is 12.1 Å². The van der Waals surface area contributed by atoms with E-state index in [1.165, 1.54) is 37.6 Å². The van der Waals surface area contributed by atoms with Gasteiger partial charge in [0.1, 0.15) is 0 Å². The van der Waals surface area contributed by atoms with Crippen molar-refractivity contribution in [2.45, 2.75) is 39.0 Å². The van der Waals surface area contributed by atoms with Crippen molar-refractivity contribution in [3.8, 4) is 0 Å². The minimum Gasteiger partial charge on any atom is -0.322 e. The Labute approximate surface area is 103 Å². The molecule has 1 aromatic carbocycles. The van der Waals surface area contributed by atoms with Gasteiger partial charge in [-0.15, -0.1) is 10.2 Å². The van der Waals surface area contributed by atoms with Crippen LogP contribution in [0.15, 0.2) is 39.6 Å². The second-order valence-corrected chi connectivity index (χ2v) is 3.96. The van der Waals surface area contributed by atoms with E-state index in [1.54, 1.807) is 0 Å². The highest BCUT2D eigenvalue weighted by atomic mass is 15.2. The Morgan fingerprint density at radius 3 is 2.53 bits per heavy atom. The minimum absolute atomic E-state index is 0.821. The molecular formula is C13H20N4. The summed E-state index contributed by atoms with van der Waals surface area (Å²) in [5.41, 5.74) is 2.18. The van der Waals surface area contributed by atoms with Gasteiger partial charge in [0, 0.05) is 0 Å². The van der Waals surface area contributed by atoms with Crippen molar-refractivity contribution in [2.24, 2.45) is 21.2 Å². The average Bonchev–Trinajstić information content (AvgIpc) is 2.37. The Morgan fingerprint density at radius 1 is 1.12 bits per heavy atom. The summed E-state index contributed by atoms with van der Waals surface area (Å²) in [6, 6.07) is 8.12. The summed E-state index contributed by atoms with van der Waals surface area (Å²) >= 11 is 0. The Kier molecular flexibility index (Phi) is 6.63. The van der Waals surface area contributed by atoms with E-state index in [9.17, 15) is 0 Å². The molecule has 4 heteroatoms. The number of nitrogens with zero attached hydrogens (tertiary/aromatic N) is 3. The van der Waals surface area contributed by atoms with Crippen LogP contribution >= 0.6 is 0 Å². The molecule has 0 bridgehead atoms. The summed E-state index contributed by atoms with van der Waals surface area (Å²) < 4.78 is 0. The van der Waals surface area contributed by atoms with Crippen molar-refractivity contribution in [1.29, 1.82) is 0 Å². The van der Waals surface area contributed by atoms with Crippen LogP contribution in [0.25, 0.3) is 0 Å². The van der Waals surface area contributed by atoms with Crippen LogP contribution in [-0.2, 0) is 6.42 Å². The van der Waals surface area contributed by atoms with Crippen LogP contribution in [-0.4, -0.2) is 6.34 Å². The van der Waals surface area contributed by atoms with Crippen molar-refractivity contribution >= 4 is 12.0 Å². The Balaban J connectivity index is 2.39. The van der Waals surface area contributed by atoms with Gasteiger partial charge in [0.15, 0.2) is 6.34 Å². The second kappa shape index (κ2) is 8.44. The highest BCUT2D eigenvalue weighted by Crippen LogP contribution is 2.15. The van der Waals surface area contributed by atoms with Crippen molar-refractivity contribution < 1.29 is 0 Å². The topological polar surface area (TPSA) is 63.1 Å². The van der Waals surface area contributed by atoms with Crippen LogP contribution in [0.2, 0.25) is 0 Å². The van der Waals surface area contributed by atoms with Crippen LogP contribution < -0.4 is 5.84 Å². The van der Waals surface area contributed by atoms with Gasteiger partial charge < -0.3 is 5.84 Å². The van der Waals surface area contributed by atoms with Gasteiger partial charge in [-0.05, 0) is 30.5 Å². The summed E-state index contributed by atoms with van der Waals surface area (Å²) in [7, 11) is 0. The quantitative estimate of drug-likeness (QED) is 0.191. The Morgan fingerprint density at radius 2 is 1.88 bits per heavy atom. The number of hydrazone groups is 1. The predicted octanol–water partition coefficient (Wildman–Crippen LogP) is 3.80. The molecular weight excluding hydrogens is 212 g/mol. The number of nitrogens with two attached hydrogens (primary N) is 1. The van der Waals surface area contributed by atoms with Gasteiger partial charge in [0.05, 0.1) is 5.69 Å². The minimum atomic E-state index is 0.821. The van der Waals surface area contributed by atoms with Crippen molar-refractivity contribution in [2.75, 3.05) is 0 Å². The maximum Gasteiger partial charge on any atom is 0.157 e. The number of rotatable bonds is 7.